The third-order valence-electron chi connectivity index (χ3n) is 1.86. The van der Waals surface area contributed by atoms with E-state index < -0.39 is 5.18 Å². The van der Waals surface area contributed by atoms with Gasteiger partial charge in [-0.1, -0.05) is 11.8 Å². The van der Waals surface area contributed by atoms with Crippen LogP contribution in [0.3, 0.4) is 0 Å². The normalized spacial score (nSPS) is 29.4. The Balaban J connectivity index is 2.46. The third kappa shape index (κ3) is 1.25. The first-order valence-corrected chi connectivity index (χ1v) is 5.10. The molecule has 74 valence electrons. The molecule has 14 heavy (non-hydrogen) atoms. The molecule has 0 bridgehead atoms. The van der Waals surface area contributed by atoms with Crippen molar-refractivity contribution in [2.75, 3.05) is 13.4 Å². The molecular formula is C7H9N5OS. The molecule has 0 radical (unpaired) electrons. The maximum absolute atomic E-state index is 5.71. The Labute approximate surface area is 85.1 Å². The maximum atomic E-state index is 5.71. The molecule has 0 saturated heterocycles. The van der Waals surface area contributed by atoms with E-state index in [1.807, 2.05) is 6.26 Å². The second-order valence-corrected chi connectivity index (χ2v) is 3.55. The van der Waals surface area contributed by atoms with Gasteiger partial charge >= 0.3 is 5.18 Å². The lowest BCUT2D eigenvalue weighted by Gasteiger charge is -2.25. The number of ether oxygens (including phenoxy) is 1. The first-order valence-electron chi connectivity index (χ1n) is 3.87. The van der Waals surface area contributed by atoms with Crippen molar-refractivity contribution in [2.24, 2.45) is 25.7 Å². The first-order chi connectivity index (χ1) is 6.71. The molecule has 6 nitrogen and oxygen atoms in total. The van der Waals surface area contributed by atoms with Gasteiger partial charge in [0.05, 0.1) is 0 Å². The molecule has 0 saturated carbocycles. The van der Waals surface area contributed by atoms with Crippen LogP contribution in [-0.2, 0) is 4.74 Å². The van der Waals surface area contributed by atoms with Crippen LogP contribution in [-0.4, -0.2) is 42.3 Å². The Hall–Kier alpha value is -1.21. The van der Waals surface area contributed by atoms with E-state index in [1.54, 1.807) is 0 Å². The minimum Gasteiger partial charge on any atom is -0.382 e. The second kappa shape index (κ2) is 3.18. The number of rotatable bonds is 2. The van der Waals surface area contributed by atoms with Gasteiger partial charge in [0.2, 0.25) is 0 Å². The Bertz CT molecular complexity index is 380. The Morgan fingerprint density at radius 2 is 2.29 bits per heavy atom. The molecule has 2 heterocycles. The molecule has 0 spiro atoms. The second-order valence-electron chi connectivity index (χ2n) is 2.61. The average molecular weight is 211 g/mol. The summed E-state index contributed by atoms with van der Waals surface area (Å²) in [5.41, 5.74) is 6.23. The summed E-state index contributed by atoms with van der Waals surface area (Å²) in [5.74, 6) is 0.789. The van der Waals surface area contributed by atoms with Crippen LogP contribution in [0.25, 0.3) is 0 Å². The highest BCUT2D eigenvalue weighted by atomic mass is 32.2. The number of nitrogens with zero attached hydrogens (tertiary/aromatic N) is 4. The van der Waals surface area contributed by atoms with Crippen LogP contribution in [0, 0.1) is 0 Å². The molecule has 0 fully saturated rings. The van der Waals surface area contributed by atoms with Crippen LogP contribution in [0.5, 0.6) is 0 Å². The molecule has 0 aliphatic carbocycles. The Kier molecular flexibility index (Phi) is 2.12. The van der Waals surface area contributed by atoms with E-state index in [1.165, 1.54) is 25.2 Å². The number of fused-ring (bicyclic) bond motifs is 1. The SMILES string of the molecule is COC1(SC)N=C(N)C2=NC=NC2=N1. The standard InChI is InChI=1S/C7H9N5OS/c1-13-7(14-2)11-5(8)4-6(12-7)10-3-9-4/h3H,1-2H3,(H2,8,11). The van der Waals surface area contributed by atoms with Crippen LogP contribution in [0.15, 0.2) is 20.0 Å². The van der Waals surface area contributed by atoms with E-state index in [4.69, 9.17) is 10.5 Å². The van der Waals surface area contributed by atoms with Gasteiger partial charge in [0.1, 0.15) is 6.34 Å². The summed E-state index contributed by atoms with van der Waals surface area (Å²) in [5, 5.41) is -1.000. The van der Waals surface area contributed by atoms with Gasteiger partial charge in [-0.2, -0.15) is 4.99 Å². The fraction of sp³-hybridized carbons (Fsp3) is 0.429. The molecule has 7 heteroatoms. The molecular weight excluding hydrogens is 202 g/mol. The van der Waals surface area contributed by atoms with Gasteiger partial charge in [-0.15, -0.1) is 0 Å². The zero-order chi connectivity index (χ0) is 10.2. The molecule has 0 aromatic rings. The lowest BCUT2D eigenvalue weighted by Crippen LogP contribution is -2.39. The fourth-order valence-corrected chi connectivity index (χ4v) is 1.69. The van der Waals surface area contributed by atoms with Crippen molar-refractivity contribution in [3.63, 3.8) is 0 Å². The smallest absolute Gasteiger partial charge is 0.312 e. The van der Waals surface area contributed by atoms with Crippen LogP contribution in [0.2, 0.25) is 0 Å². The van der Waals surface area contributed by atoms with E-state index in [-0.39, 0.29) is 0 Å². The van der Waals surface area contributed by atoms with Gasteiger partial charge in [0.15, 0.2) is 17.4 Å². The molecule has 2 rings (SSSR count). The minimum absolute atomic E-state index is 0.309. The summed E-state index contributed by atoms with van der Waals surface area (Å²) < 4.78 is 5.19. The van der Waals surface area contributed by atoms with Crippen molar-refractivity contribution in [1.82, 2.24) is 0 Å². The monoisotopic (exact) mass is 211 g/mol. The summed E-state index contributed by atoms with van der Waals surface area (Å²) in [4.78, 5) is 16.3. The van der Waals surface area contributed by atoms with Gasteiger partial charge < -0.3 is 10.5 Å². The molecule has 0 aromatic heterocycles. The van der Waals surface area contributed by atoms with Gasteiger partial charge in [0.25, 0.3) is 0 Å². The molecule has 1 unspecified atom stereocenters. The number of methoxy groups -OCH3 is 1. The number of thioether (sulfide) groups is 1. The van der Waals surface area contributed by atoms with Crippen LogP contribution in [0.1, 0.15) is 0 Å². The van der Waals surface area contributed by atoms with Crippen molar-refractivity contribution in [1.29, 1.82) is 0 Å². The molecule has 0 amide bonds. The zero-order valence-corrected chi connectivity index (χ0v) is 8.58. The highest BCUT2D eigenvalue weighted by Gasteiger charge is 2.35. The van der Waals surface area contributed by atoms with E-state index in [9.17, 15) is 0 Å². The highest BCUT2D eigenvalue weighted by molar-refractivity contribution is 7.99. The van der Waals surface area contributed by atoms with Crippen molar-refractivity contribution in [3.05, 3.63) is 0 Å². The van der Waals surface area contributed by atoms with Crippen molar-refractivity contribution in [3.8, 4) is 0 Å². The van der Waals surface area contributed by atoms with Crippen LogP contribution < -0.4 is 5.73 Å². The Morgan fingerprint density at radius 3 is 2.93 bits per heavy atom. The summed E-state index contributed by atoms with van der Waals surface area (Å²) >= 11 is 1.34. The quantitative estimate of drug-likeness (QED) is 0.645. The fourth-order valence-electron chi connectivity index (χ4n) is 1.15. The lowest BCUT2D eigenvalue weighted by molar-refractivity contribution is 0.0871. The minimum atomic E-state index is -1.000. The van der Waals surface area contributed by atoms with Gasteiger partial charge in [-0.05, 0) is 6.26 Å². The largest absolute Gasteiger partial charge is 0.382 e. The average Bonchev–Trinajstić information content (AvgIpc) is 2.65. The molecule has 1 atom stereocenters. The Morgan fingerprint density at radius 1 is 1.50 bits per heavy atom. The molecule has 2 aliphatic rings. The van der Waals surface area contributed by atoms with Crippen LogP contribution >= 0.6 is 11.8 Å². The predicted molar refractivity (Wildman–Crippen MR) is 58.2 cm³/mol. The number of nitrogens with two attached hydrogens (primary N) is 1. The summed E-state index contributed by atoms with van der Waals surface area (Å²) in [6.45, 7) is 0. The lowest BCUT2D eigenvalue weighted by atomic mass is 10.3. The van der Waals surface area contributed by atoms with Gasteiger partial charge in [-0.25, -0.2) is 15.0 Å². The summed E-state index contributed by atoms with van der Waals surface area (Å²) in [7, 11) is 1.53. The molecule has 2 aliphatic heterocycles. The summed E-state index contributed by atoms with van der Waals surface area (Å²) in [6.07, 6.45) is 3.24. The van der Waals surface area contributed by atoms with Crippen molar-refractivity contribution < 1.29 is 4.74 Å². The van der Waals surface area contributed by atoms with Crippen molar-refractivity contribution >= 4 is 35.5 Å². The van der Waals surface area contributed by atoms with Crippen LogP contribution in [0.4, 0.5) is 0 Å². The van der Waals surface area contributed by atoms with E-state index in [2.05, 4.69) is 20.0 Å². The first kappa shape index (κ1) is 9.35. The number of hydrogen-bond acceptors (Lipinski definition) is 7. The summed E-state index contributed by atoms with van der Waals surface area (Å²) in [6, 6.07) is 0. The van der Waals surface area contributed by atoms with E-state index in [0.29, 0.717) is 17.4 Å². The zero-order valence-electron chi connectivity index (χ0n) is 7.76. The number of hydrogen-bond donors (Lipinski definition) is 1. The molecule has 2 N–H and O–H groups in total. The third-order valence-corrected chi connectivity index (χ3v) is 2.74. The van der Waals surface area contributed by atoms with Gasteiger partial charge in [0, 0.05) is 7.11 Å². The van der Waals surface area contributed by atoms with E-state index >= 15 is 0 Å². The number of amidine groups is 2. The molecule has 0 aromatic carbocycles. The number of aliphatic imine (C=N–C) groups is 4. The predicted octanol–water partition coefficient (Wildman–Crippen LogP) is -0.141. The van der Waals surface area contributed by atoms with E-state index in [0.717, 1.165) is 0 Å². The van der Waals surface area contributed by atoms with Gasteiger partial charge in [-0.3, -0.25) is 0 Å². The maximum Gasteiger partial charge on any atom is 0.312 e. The van der Waals surface area contributed by atoms with Crippen molar-refractivity contribution in [2.45, 2.75) is 5.18 Å². The highest BCUT2D eigenvalue weighted by Crippen LogP contribution is 2.30. The topological polar surface area (TPSA) is 84.7 Å².